The van der Waals surface area contributed by atoms with Crippen molar-refractivity contribution in [1.82, 2.24) is 9.97 Å². The van der Waals surface area contributed by atoms with Crippen molar-refractivity contribution in [3.8, 4) is 0 Å². The Hall–Kier alpha value is -2.43. The standard InChI is InChI=1S/C18H22N4O/c1-14(23)15-6-8-16(9-7-15)20-18-19-11-10-17(21-18)22-12-4-2-3-5-13-22/h6-11H,2-5,12-13H2,1H3,(H,19,20,21). The smallest absolute Gasteiger partial charge is 0.229 e. The molecule has 5 heteroatoms. The van der Waals surface area contributed by atoms with E-state index < -0.39 is 0 Å². The van der Waals surface area contributed by atoms with Gasteiger partial charge >= 0.3 is 0 Å². The van der Waals surface area contributed by atoms with Gasteiger partial charge in [0.1, 0.15) is 5.82 Å². The highest BCUT2D eigenvalue weighted by molar-refractivity contribution is 5.94. The van der Waals surface area contributed by atoms with E-state index in [9.17, 15) is 4.79 Å². The number of Topliss-reactive ketones (excluding diaryl/α,β-unsaturated/α-hetero) is 1. The number of hydrogen-bond acceptors (Lipinski definition) is 5. The molecule has 23 heavy (non-hydrogen) atoms. The SMILES string of the molecule is CC(=O)c1ccc(Nc2nccc(N3CCCCCC3)n2)cc1. The van der Waals surface area contributed by atoms with Crippen molar-refractivity contribution < 1.29 is 4.79 Å². The maximum Gasteiger partial charge on any atom is 0.229 e. The average molecular weight is 310 g/mol. The van der Waals surface area contributed by atoms with E-state index in [0.717, 1.165) is 24.6 Å². The van der Waals surface area contributed by atoms with Gasteiger partial charge in [-0.05, 0) is 50.1 Å². The number of ketones is 1. The second-order valence-corrected chi connectivity index (χ2v) is 5.90. The van der Waals surface area contributed by atoms with Crippen molar-refractivity contribution in [3.63, 3.8) is 0 Å². The van der Waals surface area contributed by atoms with Crippen LogP contribution in [0.3, 0.4) is 0 Å². The Kier molecular flexibility index (Phi) is 4.86. The first-order chi connectivity index (χ1) is 11.2. The lowest BCUT2D eigenvalue weighted by atomic mass is 10.1. The lowest BCUT2D eigenvalue weighted by Crippen LogP contribution is -2.25. The number of carbonyl (C=O) groups is 1. The van der Waals surface area contributed by atoms with Gasteiger partial charge in [0, 0.05) is 30.5 Å². The van der Waals surface area contributed by atoms with Gasteiger partial charge in [-0.1, -0.05) is 12.8 Å². The minimum atomic E-state index is 0.0657. The van der Waals surface area contributed by atoms with Crippen molar-refractivity contribution >= 4 is 23.2 Å². The Morgan fingerprint density at radius 1 is 1.04 bits per heavy atom. The highest BCUT2D eigenvalue weighted by Gasteiger charge is 2.12. The zero-order valence-corrected chi connectivity index (χ0v) is 13.5. The molecule has 1 saturated heterocycles. The van der Waals surface area contributed by atoms with Crippen LogP contribution in [0.25, 0.3) is 0 Å². The van der Waals surface area contributed by atoms with Crippen LogP contribution < -0.4 is 10.2 Å². The molecule has 3 rings (SSSR count). The quantitative estimate of drug-likeness (QED) is 0.870. The zero-order chi connectivity index (χ0) is 16.1. The number of rotatable bonds is 4. The summed E-state index contributed by atoms with van der Waals surface area (Å²) in [5.74, 6) is 1.63. The fourth-order valence-corrected chi connectivity index (χ4v) is 2.80. The van der Waals surface area contributed by atoms with E-state index in [1.54, 1.807) is 13.1 Å². The molecule has 1 aliphatic rings. The third-order valence-corrected chi connectivity index (χ3v) is 4.12. The highest BCUT2D eigenvalue weighted by atomic mass is 16.1. The van der Waals surface area contributed by atoms with Gasteiger partial charge in [-0.15, -0.1) is 0 Å². The van der Waals surface area contributed by atoms with E-state index in [1.165, 1.54) is 25.7 Å². The molecule has 1 N–H and O–H groups in total. The first-order valence-electron chi connectivity index (χ1n) is 8.18. The molecule has 2 heterocycles. The van der Waals surface area contributed by atoms with Gasteiger partial charge in [-0.25, -0.2) is 4.98 Å². The van der Waals surface area contributed by atoms with E-state index in [0.29, 0.717) is 11.5 Å². The molecule has 1 aromatic heterocycles. The number of carbonyl (C=O) groups excluding carboxylic acids is 1. The third kappa shape index (κ3) is 4.06. The molecular weight excluding hydrogens is 288 g/mol. The summed E-state index contributed by atoms with van der Waals surface area (Å²) >= 11 is 0. The fraction of sp³-hybridized carbons (Fsp3) is 0.389. The molecule has 0 amide bonds. The van der Waals surface area contributed by atoms with Crippen molar-refractivity contribution in [3.05, 3.63) is 42.1 Å². The van der Waals surface area contributed by atoms with Gasteiger partial charge in [0.05, 0.1) is 0 Å². The van der Waals surface area contributed by atoms with Gasteiger partial charge < -0.3 is 10.2 Å². The van der Waals surface area contributed by atoms with Crippen LogP contribution in [-0.4, -0.2) is 28.8 Å². The molecule has 120 valence electrons. The summed E-state index contributed by atoms with van der Waals surface area (Å²) in [5.41, 5.74) is 1.58. The predicted molar refractivity (Wildman–Crippen MR) is 92.4 cm³/mol. The number of anilines is 3. The van der Waals surface area contributed by atoms with E-state index in [4.69, 9.17) is 0 Å². The largest absolute Gasteiger partial charge is 0.356 e. The maximum absolute atomic E-state index is 11.3. The lowest BCUT2D eigenvalue weighted by Gasteiger charge is -2.21. The zero-order valence-electron chi connectivity index (χ0n) is 13.5. The van der Waals surface area contributed by atoms with E-state index >= 15 is 0 Å². The summed E-state index contributed by atoms with van der Waals surface area (Å²) < 4.78 is 0. The van der Waals surface area contributed by atoms with Crippen molar-refractivity contribution in [2.45, 2.75) is 32.6 Å². The molecule has 0 unspecified atom stereocenters. The van der Waals surface area contributed by atoms with Crippen LogP contribution in [0.5, 0.6) is 0 Å². The molecule has 0 atom stereocenters. The topological polar surface area (TPSA) is 58.1 Å². The molecular formula is C18H22N4O. The average Bonchev–Trinajstić information content (AvgIpc) is 2.85. The summed E-state index contributed by atoms with van der Waals surface area (Å²) in [5, 5.41) is 3.20. The van der Waals surface area contributed by atoms with Gasteiger partial charge in [0.2, 0.25) is 5.95 Å². The van der Waals surface area contributed by atoms with Crippen LogP contribution in [0.4, 0.5) is 17.5 Å². The Morgan fingerprint density at radius 3 is 2.39 bits per heavy atom. The van der Waals surface area contributed by atoms with E-state index in [1.807, 2.05) is 30.3 Å². The molecule has 0 saturated carbocycles. The molecule has 5 nitrogen and oxygen atoms in total. The van der Waals surface area contributed by atoms with Crippen LogP contribution >= 0.6 is 0 Å². The number of nitrogens with one attached hydrogen (secondary N) is 1. The summed E-state index contributed by atoms with van der Waals surface area (Å²) in [6.07, 6.45) is 6.84. The number of nitrogens with zero attached hydrogens (tertiary/aromatic N) is 3. The van der Waals surface area contributed by atoms with Crippen molar-refractivity contribution in [2.24, 2.45) is 0 Å². The van der Waals surface area contributed by atoms with Crippen LogP contribution in [0, 0.1) is 0 Å². The fourth-order valence-electron chi connectivity index (χ4n) is 2.80. The predicted octanol–water partition coefficient (Wildman–Crippen LogP) is 3.80. The van der Waals surface area contributed by atoms with Gasteiger partial charge in [0.25, 0.3) is 0 Å². The molecule has 1 fully saturated rings. The Labute approximate surface area is 136 Å². The van der Waals surface area contributed by atoms with Crippen LogP contribution in [0.1, 0.15) is 43.0 Å². The van der Waals surface area contributed by atoms with Crippen molar-refractivity contribution in [2.75, 3.05) is 23.3 Å². The Morgan fingerprint density at radius 2 is 1.74 bits per heavy atom. The summed E-state index contributed by atoms with van der Waals surface area (Å²) in [7, 11) is 0. The number of hydrogen-bond donors (Lipinski definition) is 1. The van der Waals surface area contributed by atoms with E-state index in [2.05, 4.69) is 20.2 Å². The minimum Gasteiger partial charge on any atom is -0.356 e. The number of benzene rings is 1. The minimum absolute atomic E-state index is 0.0657. The first kappa shape index (κ1) is 15.5. The summed E-state index contributed by atoms with van der Waals surface area (Å²) in [6.45, 7) is 3.68. The summed E-state index contributed by atoms with van der Waals surface area (Å²) in [6, 6.07) is 9.33. The van der Waals surface area contributed by atoms with Crippen LogP contribution in [0.2, 0.25) is 0 Å². The molecule has 0 aliphatic carbocycles. The molecule has 0 bridgehead atoms. The molecule has 1 aromatic carbocycles. The summed E-state index contributed by atoms with van der Waals surface area (Å²) in [4.78, 5) is 22.6. The lowest BCUT2D eigenvalue weighted by molar-refractivity contribution is 0.101. The second-order valence-electron chi connectivity index (χ2n) is 5.90. The van der Waals surface area contributed by atoms with Gasteiger partial charge in [-0.2, -0.15) is 4.98 Å². The van der Waals surface area contributed by atoms with Gasteiger partial charge in [0.15, 0.2) is 5.78 Å². The van der Waals surface area contributed by atoms with Gasteiger partial charge in [-0.3, -0.25) is 4.79 Å². The highest BCUT2D eigenvalue weighted by Crippen LogP contribution is 2.20. The Balaban J connectivity index is 1.72. The number of aromatic nitrogens is 2. The molecule has 0 spiro atoms. The van der Waals surface area contributed by atoms with E-state index in [-0.39, 0.29) is 5.78 Å². The monoisotopic (exact) mass is 310 g/mol. The normalized spacial score (nSPS) is 15.1. The first-order valence-corrected chi connectivity index (χ1v) is 8.18. The second kappa shape index (κ2) is 7.22. The Bertz CT molecular complexity index is 661. The third-order valence-electron chi connectivity index (χ3n) is 4.12. The molecule has 1 aliphatic heterocycles. The molecule has 2 aromatic rings. The molecule has 0 radical (unpaired) electrons. The van der Waals surface area contributed by atoms with Crippen LogP contribution in [0.15, 0.2) is 36.5 Å². The maximum atomic E-state index is 11.3. The van der Waals surface area contributed by atoms with Crippen molar-refractivity contribution in [1.29, 1.82) is 0 Å². The van der Waals surface area contributed by atoms with Crippen LogP contribution in [-0.2, 0) is 0 Å².